The highest BCUT2D eigenvalue weighted by Gasteiger charge is 2.16. The third-order valence-electron chi connectivity index (χ3n) is 4.01. The minimum absolute atomic E-state index is 0.0251. The highest BCUT2D eigenvalue weighted by atomic mass is 127. The second-order valence-corrected chi connectivity index (χ2v) is 8.03. The zero-order chi connectivity index (χ0) is 19.8. The molecule has 1 aromatic heterocycles. The third kappa shape index (κ3) is 3.80. The van der Waals surface area contributed by atoms with Gasteiger partial charge in [0.2, 0.25) is 5.89 Å². The fourth-order valence-corrected chi connectivity index (χ4v) is 3.53. The summed E-state index contributed by atoms with van der Waals surface area (Å²) < 4.78 is 6.60. The first-order valence-corrected chi connectivity index (χ1v) is 9.90. The molecule has 0 fully saturated rings. The third-order valence-corrected chi connectivity index (χ3v) is 5.24. The number of nitrogens with zero attached hydrogens (tertiary/aromatic N) is 1. The van der Waals surface area contributed by atoms with E-state index >= 15 is 0 Å². The van der Waals surface area contributed by atoms with Crippen molar-refractivity contribution in [3.63, 3.8) is 0 Å². The molecule has 1 amide bonds. The molecule has 0 aliphatic rings. The number of anilines is 1. The van der Waals surface area contributed by atoms with Crippen LogP contribution in [0.15, 0.2) is 59.0 Å². The van der Waals surface area contributed by atoms with Crippen molar-refractivity contribution >= 4 is 68.5 Å². The summed E-state index contributed by atoms with van der Waals surface area (Å²) in [6.45, 7) is 0. The van der Waals surface area contributed by atoms with Gasteiger partial charge in [0, 0.05) is 14.3 Å². The Morgan fingerprint density at radius 3 is 2.71 bits per heavy atom. The summed E-state index contributed by atoms with van der Waals surface area (Å²) in [6, 6.07) is 14.9. The number of aromatic nitrogens is 1. The Hall–Kier alpha value is -2.29. The minimum Gasteiger partial charge on any atom is -0.507 e. The lowest BCUT2D eigenvalue weighted by Gasteiger charge is -2.09. The van der Waals surface area contributed by atoms with E-state index in [0.717, 1.165) is 3.57 Å². The summed E-state index contributed by atoms with van der Waals surface area (Å²) in [7, 11) is 0. The number of halogens is 3. The van der Waals surface area contributed by atoms with Gasteiger partial charge in [-0.3, -0.25) is 4.79 Å². The number of benzene rings is 3. The number of fused-ring (bicyclic) bond motifs is 1. The Balaban J connectivity index is 1.68. The van der Waals surface area contributed by atoms with E-state index in [4.69, 9.17) is 27.6 Å². The van der Waals surface area contributed by atoms with Crippen molar-refractivity contribution in [3.8, 4) is 17.2 Å². The van der Waals surface area contributed by atoms with Crippen LogP contribution in [0, 0.1) is 3.57 Å². The summed E-state index contributed by atoms with van der Waals surface area (Å²) in [4.78, 5) is 16.9. The van der Waals surface area contributed by atoms with E-state index in [1.807, 2.05) is 6.07 Å². The van der Waals surface area contributed by atoms with Crippen molar-refractivity contribution in [3.05, 3.63) is 73.8 Å². The van der Waals surface area contributed by atoms with Gasteiger partial charge in [-0.05, 0) is 77.2 Å². The average molecular weight is 525 g/mol. The van der Waals surface area contributed by atoms with Crippen molar-refractivity contribution in [2.24, 2.45) is 0 Å². The number of phenols is 1. The Morgan fingerprint density at radius 1 is 1.07 bits per heavy atom. The predicted molar refractivity (Wildman–Crippen MR) is 118 cm³/mol. The zero-order valence-corrected chi connectivity index (χ0v) is 17.7. The molecule has 0 aliphatic heterocycles. The number of hydrogen-bond donors (Lipinski definition) is 2. The first kappa shape index (κ1) is 19.0. The van der Waals surface area contributed by atoms with Gasteiger partial charge < -0.3 is 14.8 Å². The average Bonchev–Trinajstić information content (AvgIpc) is 3.08. The minimum atomic E-state index is -0.357. The highest BCUT2D eigenvalue weighted by Crippen LogP contribution is 2.34. The maximum Gasteiger partial charge on any atom is 0.257 e. The van der Waals surface area contributed by atoms with Gasteiger partial charge in [0.15, 0.2) is 5.58 Å². The Morgan fingerprint density at radius 2 is 1.89 bits per heavy atom. The molecule has 28 heavy (non-hydrogen) atoms. The number of oxazole rings is 1. The van der Waals surface area contributed by atoms with Crippen LogP contribution in [0.25, 0.3) is 22.6 Å². The van der Waals surface area contributed by atoms with E-state index in [1.54, 1.807) is 42.5 Å². The van der Waals surface area contributed by atoms with Crippen molar-refractivity contribution < 1.29 is 14.3 Å². The number of hydrogen-bond acceptors (Lipinski definition) is 4. The number of phenolic OH excluding ortho intramolecular Hbond substituents is 1. The molecule has 0 saturated carbocycles. The number of amides is 1. The van der Waals surface area contributed by atoms with Crippen molar-refractivity contribution in [1.29, 1.82) is 0 Å². The summed E-state index contributed by atoms with van der Waals surface area (Å²) in [5.74, 6) is -0.161. The summed E-state index contributed by atoms with van der Waals surface area (Å²) in [6.07, 6.45) is 0. The summed E-state index contributed by atoms with van der Waals surface area (Å²) in [5.41, 5.74) is 2.28. The molecule has 3 aromatic carbocycles. The van der Waals surface area contributed by atoms with Crippen LogP contribution in [-0.4, -0.2) is 16.0 Å². The zero-order valence-electron chi connectivity index (χ0n) is 14.0. The predicted octanol–water partition coefficient (Wildman–Crippen LogP) is 6.36. The van der Waals surface area contributed by atoms with E-state index in [2.05, 4.69) is 32.9 Å². The molecule has 0 spiro atoms. The quantitative estimate of drug-likeness (QED) is 0.241. The van der Waals surface area contributed by atoms with E-state index in [9.17, 15) is 9.90 Å². The van der Waals surface area contributed by atoms with Gasteiger partial charge in [-0.15, -0.1) is 0 Å². The molecule has 8 heteroatoms. The summed E-state index contributed by atoms with van der Waals surface area (Å²) in [5, 5.41) is 13.9. The number of carbonyl (C=O) groups is 1. The van der Waals surface area contributed by atoms with E-state index < -0.39 is 0 Å². The SMILES string of the molecule is O=C(Nc1ccc(O)c(-c2nc3cc(Cl)ccc3o2)c1)c1cc(I)ccc1Cl. The van der Waals surface area contributed by atoms with Crippen LogP contribution < -0.4 is 5.32 Å². The van der Waals surface area contributed by atoms with Crippen LogP contribution >= 0.6 is 45.8 Å². The molecule has 4 rings (SSSR count). The molecular weight excluding hydrogens is 514 g/mol. The molecule has 0 saturated heterocycles. The van der Waals surface area contributed by atoms with Crippen LogP contribution in [-0.2, 0) is 0 Å². The second-order valence-electron chi connectivity index (χ2n) is 5.94. The number of rotatable bonds is 3. The van der Waals surface area contributed by atoms with Gasteiger partial charge in [-0.2, -0.15) is 0 Å². The van der Waals surface area contributed by atoms with Gasteiger partial charge in [0.1, 0.15) is 11.3 Å². The molecule has 0 unspecified atom stereocenters. The second kappa shape index (κ2) is 7.62. The lowest BCUT2D eigenvalue weighted by atomic mass is 10.1. The van der Waals surface area contributed by atoms with Gasteiger partial charge in [0.25, 0.3) is 5.91 Å². The molecule has 1 heterocycles. The number of carbonyl (C=O) groups excluding carboxylic acids is 1. The lowest BCUT2D eigenvalue weighted by Crippen LogP contribution is -2.12. The van der Waals surface area contributed by atoms with Gasteiger partial charge in [0.05, 0.1) is 16.1 Å². The van der Waals surface area contributed by atoms with Crippen LogP contribution in [0.1, 0.15) is 10.4 Å². The lowest BCUT2D eigenvalue weighted by molar-refractivity contribution is 0.102. The molecular formula is C20H11Cl2IN2O3. The van der Waals surface area contributed by atoms with Gasteiger partial charge >= 0.3 is 0 Å². The number of aromatic hydroxyl groups is 1. The fourth-order valence-electron chi connectivity index (χ4n) is 2.67. The van der Waals surface area contributed by atoms with Crippen LogP contribution in [0.4, 0.5) is 5.69 Å². The Bertz CT molecular complexity index is 1220. The maximum atomic E-state index is 12.6. The van der Waals surface area contributed by atoms with Gasteiger partial charge in [-0.1, -0.05) is 23.2 Å². The topological polar surface area (TPSA) is 75.4 Å². The Labute approximate surface area is 183 Å². The van der Waals surface area contributed by atoms with Crippen LogP contribution in [0.5, 0.6) is 5.75 Å². The molecule has 2 N–H and O–H groups in total. The highest BCUT2D eigenvalue weighted by molar-refractivity contribution is 14.1. The van der Waals surface area contributed by atoms with Crippen molar-refractivity contribution in [1.82, 2.24) is 4.98 Å². The van der Waals surface area contributed by atoms with E-state index in [-0.39, 0.29) is 17.5 Å². The standard InChI is InChI=1S/C20H11Cl2IN2O3/c21-10-1-6-18-16(7-10)25-20(28-18)14-9-12(3-5-17(14)26)24-19(27)13-8-11(23)2-4-15(13)22/h1-9,26H,(H,24,27). The largest absolute Gasteiger partial charge is 0.507 e. The molecule has 0 bridgehead atoms. The Kier molecular flexibility index (Phi) is 5.18. The molecule has 0 radical (unpaired) electrons. The molecule has 4 aromatic rings. The van der Waals surface area contributed by atoms with E-state index in [0.29, 0.717) is 38.0 Å². The van der Waals surface area contributed by atoms with Crippen LogP contribution in [0.3, 0.4) is 0 Å². The van der Waals surface area contributed by atoms with Gasteiger partial charge in [-0.25, -0.2) is 4.98 Å². The first-order chi connectivity index (χ1) is 13.4. The molecule has 140 valence electrons. The smallest absolute Gasteiger partial charge is 0.257 e. The summed E-state index contributed by atoms with van der Waals surface area (Å²) >= 11 is 14.2. The molecule has 0 atom stereocenters. The first-order valence-electron chi connectivity index (χ1n) is 8.06. The maximum absolute atomic E-state index is 12.6. The molecule has 5 nitrogen and oxygen atoms in total. The van der Waals surface area contributed by atoms with Crippen molar-refractivity contribution in [2.75, 3.05) is 5.32 Å². The molecule has 0 aliphatic carbocycles. The fraction of sp³-hybridized carbons (Fsp3) is 0. The monoisotopic (exact) mass is 524 g/mol. The van der Waals surface area contributed by atoms with Crippen LogP contribution in [0.2, 0.25) is 10.0 Å². The normalized spacial score (nSPS) is 11.0. The van der Waals surface area contributed by atoms with Crippen molar-refractivity contribution in [2.45, 2.75) is 0 Å². The van der Waals surface area contributed by atoms with E-state index in [1.165, 1.54) is 6.07 Å². The number of nitrogens with one attached hydrogen (secondary N) is 1.